The van der Waals surface area contributed by atoms with Gasteiger partial charge in [0.25, 0.3) is 0 Å². The van der Waals surface area contributed by atoms with Gasteiger partial charge in [-0.15, -0.1) is 0 Å². The van der Waals surface area contributed by atoms with Crippen LogP contribution in [0.1, 0.15) is 23.6 Å². The molecule has 1 aromatic rings. The van der Waals surface area contributed by atoms with E-state index in [0.717, 1.165) is 16.7 Å². The van der Waals surface area contributed by atoms with Crippen molar-refractivity contribution in [2.24, 2.45) is 0 Å². The highest BCUT2D eigenvalue weighted by molar-refractivity contribution is 9.10. The van der Waals surface area contributed by atoms with Crippen molar-refractivity contribution in [2.45, 2.75) is 27.2 Å². The minimum Gasteiger partial charge on any atom is -0.506 e. The Balaban J connectivity index is 3.31. The third kappa shape index (κ3) is 2.15. The zero-order valence-corrected chi connectivity index (χ0v) is 10.1. The first-order valence-corrected chi connectivity index (χ1v) is 5.19. The Morgan fingerprint density at radius 3 is 2.57 bits per heavy atom. The molecule has 0 saturated heterocycles. The molecule has 0 atom stereocenters. The van der Waals surface area contributed by atoms with Gasteiger partial charge in [0.1, 0.15) is 11.5 Å². The van der Waals surface area contributed by atoms with Crippen molar-refractivity contribution in [1.29, 1.82) is 0 Å². The molecule has 1 aromatic carbocycles. The molecule has 1 N–H and O–H groups in total. The summed E-state index contributed by atoms with van der Waals surface area (Å²) in [5.41, 5.74) is 2.79. The fraction of sp³-hybridized carbons (Fsp3) is 0.364. The van der Waals surface area contributed by atoms with Crippen molar-refractivity contribution in [3.63, 3.8) is 0 Å². The number of phenols is 1. The molecule has 14 heavy (non-hydrogen) atoms. The van der Waals surface area contributed by atoms with Gasteiger partial charge in [-0.2, -0.15) is 0 Å². The summed E-state index contributed by atoms with van der Waals surface area (Å²) in [7, 11) is 0. The summed E-state index contributed by atoms with van der Waals surface area (Å²) >= 11 is 3.26. The van der Waals surface area contributed by atoms with E-state index in [-0.39, 0.29) is 18.0 Å². The number of carbonyl (C=O) groups excluding carboxylic acids is 1. The number of hydrogen-bond acceptors (Lipinski definition) is 2. The summed E-state index contributed by atoms with van der Waals surface area (Å²) in [5, 5.41) is 9.75. The van der Waals surface area contributed by atoms with Crippen LogP contribution in [0, 0.1) is 13.8 Å². The molecule has 0 spiro atoms. The van der Waals surface area contributed by atoms with Gasteiger partial charge < -0.3 is 5.11 Å². The highest BCUT2D eigenvalue weighted by atomic mass is 79.9. The SMILES string of the molecule is CC(=O)Cc1c(C)c(C)cc(Br)c1O. The van der Waals surface area contributed by atoms with Gasteiger partial charge in [0.2, 0.25) is 0 Å². The van der Waals surface area contributed by atoms with Gasteiger partial charge in [-0.05, 0) is 53.9 Å². The zero-order chi connectivity index (χ0) is 10.9. The zero-order valence-electron chi connectivity index (χ0n) is 8.52. The molecular weight excluding hydrogens is 244 g/mol. The molecule has 1 rings (SSSR count). The molecule has 0 unspecified atom stereocenters. The Morgan fingerprint density at radius 2 is 2.07 bits per heavy atom. The predicted octanol–water partition coefficient (Wildman–Crippen LogP) is 2.90. The minimum atomic E-state index is 0.0564. The van der Waals surface area contributed by atoms with Gasteiger partial charge >= 0.3 is 0 Å². The van der Waals surface area contributed by atoms with E-state index in [4.69, 9.17) is 0 Å². The Labute approximate surface area is 92.1 Å². The van der Waals surface area contributed by atoms with E-state index in [0.29, 0.717) is 4.47 Å². The predicted molar refractivity (Wildman–Crippen MR) is 59.7 cm³/mol. The van der Waals surface area contributed by atoms with Crippen molar-refractivity contribution in [1.82, 2.24) is 0 Å². The molecule has 0 radical (unpaired) electrons. The van der Waals surface area contributed by atoms with Crippen LogP contribution in [0.25, 0.3) is 0 Å². The molecule has 2 nitrogen and oxygen atoms in total. The maximum Gasteiger partial charge on any atom is 0.134 e. The summed E-state index contributed by atoms with van der Waals surface area (Å²) in [6.07, 6.45) is 0.290. The van der Waals surface area contributed by atoms with E-state index >= 15 is 0 Å². The van der Waals surface area contributed by atoms with Crippen LogP contribution < -0.4 is 0 Å². The molecule has 0 bridgehead atoms. The van der Waals surface area contributed by atoms with Crippen molar-refractivity contribution >= 4 is 21.7 Å². The lowest BCUT2D eigenvalue weighted by atomic mass is 9.98. The number of Topliss-reactive ketones (excluding diaryl/α,β-unsaturated/α-hetero) is 1. The number of phenolic OH excluding ortho intramolecular Hbond substituents is 1. The van der Waals surface area contributed by atoms with Crippen LogP contribution in [0.4, 0.5) is 0 Å². The number of ketones is 1. The van der Waals surface area contributed by atoms with Gasteiger partial charge in [0, 0.05) is 12.0 Å². The Kier molecular flexibility index (Phi) is 3.32. The quantitative estimate of drug-likeness (QED) is 0.884. The smallest absolute Gasteiger partial charge is 0.134 e. The molecule has 0 aliphatic rings. The van der Waals surface area contributed by atoms with Crippen LogP contribution in [-0.2, 0) is 11.2 Å². The molecule has 0 amide bonds. The molecule has 3 heteroatoms. The second-order valence-corrected chi connectivity index (χ2v) is 4.36. The lowest BCUT2D eigenvalue weighted by molar-refractivity contribution is -0.116. The number of benzene rings is 1. The minimum absolute atomic E-state index is 0.0564. The van der Waals surface area contributed by atoms with Crippen LogP contribution in [0.15, 0.2) is 10.5 Å². The average Bonchev–Trinajstić information content (AvgIpc) is 2.09. The normalized spacial score (nSPS) is 10.3. The Bertz CT molecular complexity index is 357. The Hall–Kier alpha value is -0.830. The standard InChI is InChI=1S/C11H13BrO2/c1-6-4-10(12)11(14)9(8(6)3)5-7(2)13/h4,14H,5H2,1-3H3. The molecule has 0 aliphatic heterocycles. The Morgan fingerprint density at radius 1 is 1.50 bits per heavy atom. The lowest BCUT2D eigenvalue weighted by Gasteiger charge is -2.11. The van der Waals surface area contributed by atoms with Crippen molar-refractivity contribution in [3.8, 4) is 5.75 Å². The summed E-state index contributed by atoms with van der Waals surface area (Å²) in [4.78, 5) is 11.0. The highest BCUT2D eigenvalue weighted by Gasteiger charge is 2.12. The van der Waals surface area contributed by atoms with Crippen molar-refractivity contribution in [2.75, 3.05) is 0 Å². The largest absolute Gasteiger partial charge is 0.506 e. The second kappa shape index (κ2) is 4.13. The molecule has 0 aliphatic carbocycles. The van der Waals surface area contributed by atoms with E-state index in [2.05, 4.69) is 15.9 Å². The summed E-state index contributed by atoms with van der Waals surface area (Å²) in [5.74, 6) is 0.240. The topological polar surface area (TPSA) is 37.3 Å². The number of carbonyl (C=O) groups is 1. The molecule has 0 fully saturated rings. The van der Waals surface area contributed by atoms with Gasteiger partial charge in [0.15, 0.2) is 0 Å². The summed E-state index contributed by atoms with van der Waals surface area (Å²) in [6.45, 7) is 5.40. The van der Waals surface area contributed by atoms with Crippen LogP contribution in [0.2, 0.25) is 0 Å². The fourth-order valence-corrected chi connectivity index (χ4v) is 1.97. The van der Waals surface area contributed by atoms with Gasteiger partial charge in [-0.3, -0.25) is 4.79 Å². The molecular formula is C11H13BrO2. The van der Waals surface area contributed by atoms with Crippen LogP contribution in [0.5, 0.6) is 5.75 Å². The van der Waals surface area contributed by atoms with E-state index in [1.165, 1.54) is 6.92 Å². The molecule has 0 heterocycles. The van der Waals surface area contributed by atoms with E-state index in [1.54, 1.807) is 0 Å². The van der Waals surface area contributed by atoms with Crippen molar-refractivity contribution in [3.05, 3.63) is 27.2 Å². The average molecular weight is 257 g/mol. The number of aryl methyl sites for hydroxylation is 1. The van der Waals surface area contributed by atoms with Gasteiger partial charge in [0.05, 0.1) is 4.47 Å². The van der Waals surface area contributed by atoms with Crippen LogP contribution in [0.3, 0.4) is 0 Å². The monoisotopic (exact) mass is 256 g/mol. The first-order chi connectivity index (χ1) is 6.43. The number of aromatic hydroxyl groups is 1. The van der Waals surface area contributed by atoms with E-state index in [9.17, 15) is 9.90 Å². The van der Waals surface area contributed by atoms with E-state index < -0.39 is 0 Å². The maximum atomic E-state index is 11.0. The molecule has 0 aromatic heterocycles. The van der Waals surface area contributed by atoms with Crippen molar-refractivity contribution < 1.29 is 9.90 Å². The lowest BCUT2D eigenvalue weighted by Crippen LogP contribution is -2.01. The van der Waals surface area contributed by atoms with E-state index in [1.807, 2.05) is 19.9 Å². The number of halogens is 1. The summed E-state index contributed by atoms with van der Waals surface area (Å²) in [6, 6.07) is 1.86. The first kappa shape index (κ1) is 11.2. The number of rotatable bonds is 2. The highest BCUT2D eigenvalue weighted by Crippen LogP contribution is 2.32. The first-order valence-electron chi connectivity index (χ1n) is 4.40. The van der Waals surface area contributed by atoms with Gasteiger partial charge in [-0.1, -0.05) is 0 Å². The third-order valence-electron chi connectivity index (χ3n) is 2.33. The second-order valence-electron chi connectivity index (χ2n) is 3.51. The molecule has 0 saturated carbocycles. The maximum absolute atomic E-state index is 11.0. The fourth-order valence-electron chi connectivity index (χ4n) is 1.39. The third-order valence-corrected chi connectivity index (χ3v) is 2.93. The molecule has 76 valence electrons. The van der Waals surface area contributed by atoms with Gasteiger partial charge in [-0.25, -0.2) is 0 Å². The van der Waals surface area contributed by atoms with Crippen LogP contribution in [-0.4, -0.2) is 10.9 Å². The summed E-state index contributed by atoms with van der Waals surface area (Å²) < 4.78 is 0.650. The van der Waals surface area contributed by atoms with Crippen LogP contribution >= 0.6 is 15.9 Å². The number of hydrogen-bond donors (Lipinski definition) is 1.